The Morgan fingerprint density at radius 2 is 2.06 bits per heavy atom. The second-order valence-corrected chi connectivity index (χ2v) is 5.24. The summed E-state index contributed by atoms with van der Waals surface area (Å²) in [5.74, 6) is 0.958. The summed E-state index contributed by atoms with van der Waals surface area (Å²) in [6, 6.07) is 8.80. The van der Waals surface area contributed by atoms with Gasteiger partial charge in [0, 0.05) is 23.5 Å². The van der Waals surface area contributed by atoms with Gasteiger partial charge in [-0.3, -0.25) is 0 Å². The molecule has 3 nitrogen and oxygen atoms in total. The number of aromatic nitrogens is 2. The highest BCUT2D eigenvalue weighted by Gasteiger charge is 2.25. The van der Waals surface area contributed by atoms with Gasteiger partial charge >= 0.3 is 0 Å². The molecule has 3 rings (SSSR count). The first-order chi connectivity index (χ1) is 8.74. The van der Waals surface area contributed by atoms with E-state index >= 15 is 0 Å². The highest BCUT2D eigenvalue weighted by molar-refractivity contribution is 6.30. The summed E-state index contributed by atoms with van der Waals surface area (Å²) >= 11 is 5.90. The number of nitrogens with zero attached hydrogens (tertiary/aromatic N) is 2. The first-order valence-electron chi connectivity index (χ1n) is 6.29. The molecule has 0 aliphatic heterocycles. The number of hydrogen-bond donors (Lipinski definition) is 1. The summed E-state index contributed by atoms with van der Waals surface area (Å²) in [5, 5.41) is 4.23. The fraction of sp³-hybridized carbons (Fsp3) is 0.357. The quantitative estimate of drug-likeness (QED) is 0.900. The zero-order chi connectivity index (χ0) is 12.5. The van der Waals surface area contributed by atoms with E-state index in [1.807, 2.05) is 30.5 Å². The van der Waals surface area contributed by atoms with Crippen molar-refractivity contribution in [3.63, 3.8) is 0 Å². The van der Waals surface area contributed by atoms with Crippen LogP contribution in [0.15, 0.2) is 36.7 Å². The van der Waals surface area contributed by atoms with Crippen LogP contribution < -0.4 is 5.32 Å². The minimum absolute atomic E-state index is 0.224. The summed E-state index contributed by atoms with van der Waals surface area (Å²) < 4.78 is 2.23. The van der Waals surface area contributed by atoms with Crippen molar-refractivity contribution >= 4 is 17.5 Å². The average Bonchev–Trinajstić information content (AvgIpc) is 3.11. The van der Waals surface area contributed by atoms with Crippen LogP contribution in [-0.4, -0.2) is 9.55 Å². The maximum Gasteiger partial charge on any atom is 0.203 e. The van der Waals surface area contributed by atoms with E-state index in [4.69, 9.17) is 11.6 Å². The lowest BCUT2D eigenvalue weighted by Crippen LogP contribution is -2.11. The van der Waals surface area contributed by atoms with Crippen LogP contribution >= 0.6 is 11.6 Å². The van der Waals surface area contributed by atoms with E-state index in [2.05, 4.69) is 28.0 Å². The van der Waals surface area contributed by atoms with Crippen molar-refractivity contribution in [2.75, 3.05) is 5.32 Å². The molecule has 4 heteroatoms. The van der Waals surface area contributed by atoms with Crippen molar-refractivity contribution in [3.8, 4) is 0 Å². The van der Waals surface area contributed by atoms with Crippen LogP contribution in [0.4, 0.5) is 5.95 Å². The fourth-order valence-corrected chi connectivity index (χ4v) is 2.23. The van der Waals surface area contributed by atoms with Gasteiger partial charge in [0.25, 0.3) is 0 Å². The third kappa shape index (κ3) is 2.36. The molecule has 0 saturated heterocycles. The van der Waals surface area contributed by atoms with E-state index in [-0.39, 0.29) is 6.04 Å². The van der Waals surface area contributed by atoms with Gasteiger partial charge in [-0.25, -0.2) is 4.98 Å². The van der Waals surface area contributed by atoms with Crippen molar-refractivity contribution in [2.24, 2.45) is 0 Å². The Bertz CT molecular complexity index is 528. The Kier molecular flexibility index (Phi) is 3.00. The summed E-state index contributed by atoms with van der Waals surface area (Å²) in [4.78, 5) is 4.39. The zero-order valence-corrected chi connectivity index (χ0v) is 11.1. The van der Waals surface area contributed by atoms with E-state index in [0.29, 0.717) is 6.04 Å². The van der Waals surface area contributed by atoms with Gasteiger partial charge in [-0.1, -0.05) is 23.7 Å². The van der Waals surface area contributed by atoms with Crippen LogP contribution in [0.1, 0.15) is 37.4 Å². The van der Waals surface area contributed by atoms with Crippen LogP contribution in [-0.2, 0) is 0 Å². The molecular formula is C14H16ClN3. The molecule has 1 fully saturated rings. The summed E-state index contributed by atoms with van der Waals surface area (Å²) in [6.45, 7) is 2.13. The van der Waals surface area contributed by atoms with Crippen molar-refractivity contribution in [1.82, 2.24) is 9.55 Å². The van der Waals surface area contributed by atoms with Gasteiger partial charge in [0.05, 0.1) is 6.04 Å². The molecule has 0 spiro atoms. The van der Waals surface area contributed by atoms with E-state index < -0.39 is 0 Å². The third-order valence-electron chi connectivity index (χ3n) is 3.32. The molecule has 18 heavy (non-hydrogen) atoms. The second-order valence-electron chi connectivity index (χ2n) is 4.81. The van der Waals surface area contributed by atoms with Gasteiger partial charge in [0.1, 0.15) is 0 Å². The predicted molar refractivity (Wildman–Crippen MR) is 74.0 cm³/mol. The van der Waals surface area contributed by atoms with Crippen molar-refractivity contribution in [2.45, 2.75) is 31.8 Å². The molecule has 0 amide bonds. The standard InChI is InChI=1S/C14H16ClN3/c1-10(11-2-4-12(15)5-3-11)17-14-16-8-9-18(14)13-6-7-13/h2-5,8-10,13H,6-7H2,1H3,(H,16,17). The van der Waals surface area contributed by atoms with Gasteiger partial charge in [0.2, 0.25) is 5.95 Å². The number of imidazole rings is 1. The van der Waals surface area contributed by atoms with E-state index in [0.717, 1.165) is 11.0 Å². The lowest BCUT2D eigenvalue weighted by molar-refractivity contribution is 0.727. The number of anilines is 1. The molecule has 1 aliphatic rings. The Hall–Kier alpha value is -1.48. The molecule has 0 radical (unpaired) electrons. The topological polar surface area (TPSA) is 29.9 Å². The number of halogens is 1. The van der Waals surface area contributed by atoms with Crippen LogP contribution in [0.2, 0.25) is 5.02 Å². The Morgan fingerprint density at radius 3 is 2.72 bits per heavy atom. The van der Waals surface area contributed by atoms with Gasteiger partial charge in [-0.15, -0.1) is 0 Å². The largest absolute Gasteiger partial charge is 0.349 e. The number of nitrogens with one attached hydrogen (secondary N) is 1. The van der Waals surface area contributed by atoms with Gasteiger partial charge < -0.3 is 9.88 Å². The third-order valence-corrected chi connectivity index (χ3v) is 3.58. The summed E-state index contributed by atoms with van der Waals surface area (Å²) in [5.41, 5.74) is 1.21. The Morgan fingerprint density at radius 1 is 1.33 bits per heavy atom. The summed E-state index contributed by atoms with van der Waals surface area (Å²) in [7, 11) is 0. The highest BCUT2D eigenvalue weighted by atomic mass is 35.5. The van der Waals surface area contributed by atoms with Crippen LogP contribution in [0.5, 0.6) is 0 Å². The molecule has 1 aromatic carbocycles. The molecule has 1 heterocycles. The lowest BCUT2D eigenvalue weighted by atomic mass is 10.1. The number of hydrogen-bond acceptors (Lipinski definition) is 2. The molecule has 1 N–H and O–H groups in total. The monoisotopic (exact) mass is 261 g/mol. The lowest BCUT2D eigenvalue weighted by Gasteiger charge is -2.16. The average molecular weight is 262 g/mol. The summed E-state index contributed by atoms with van der Waals surface area (Å²) in [6.07, 6.45) is 6.44. The number of rotatable bonds is 4. The Labute approximate surface area is 112 Å². The molecule has 94 valence electrons. The van der Waals surface area contributed by atoms with Crippen molar-refractivity contribution in [3.05, 3.63) is 47.2 Å². The normalized spacial score (nSPS) is 16.6. The van der Waals surface area contributed by atoms with E-state index in [1.165, 1.54) is 18.4 Å². The smallest absolute Gasteiger partial charge is 0.203 e. The SMILES string of the molecule is CC(Nc1nccn1C1CC1)c1ccc(Cl)cc1. The van der Waals surface area contributed by atoms with Gasteiger partial charge in [-0.2, -0.15) is 0 Å². The highest BCUT2D eigenvalue weighted by Crippen LogP contribution is 2.37. The zero-order valence-electron chi connectivity index (χ0n) is 10.3. The first-order valence-corrected chi connectivity index (χ1v) is 6.66. The molecule has 1 aromatic heterocycles. The van der Waals surface area contributed by atoms with Crippen molar-refractivity contribution in [1.29, 1.82) is 0 Å². The number of benzene rings is 1. The molecular weight excluding hydrogens is 246 g/mol. The minimum atomic E-state index is 0.224. The maximum atomic E-state index is 5.90. The molecule has 1 atom stereocenters. The Balaban J connectivity index is 1.75. The van der Waals surface area contributed by atoms with Gasteiger partial charge in [-0.05, 0) is 37.5 Å². The fourth-order valence-electron chi connectivity index (χ4n) is 2.10. The van der Waals surface area contributed by atoms with Crippen molar-refractivity contribution < 1.29 is 0 Å². The van der Waals surface area contributed by atoms with Crippen LogP contribution in [0, 0.1) is 0 Å². The molecule has 1 saturated carbocycles. The van der Waals surface area contributed by atoms with Crippen LogP contribution in [0.25, 0.3) is 0 Å². The van der Waals surface area contributed by atoms with E-state index in [9.17, 15) is 0 Å². The predicted octanol–water partition coefficient (Wildman–Crippen LogP) is 4.04. The molecule has 2 aromatic rings. The van der Waals surface area contributed by atoms with E-state index in [1.54, 1.807) is 0 Å². The second kappa shape index (κ2) is 4.65. The first kappa shape index (κ1) is 11.6. The van der Waals surface area contributed by atoms with Crippen LogP contribution in [0.3, 0.4) is 0 Å². The molecule has 1 unspecified atom stereocenters. The maximum absolute atomic E-state index is 5.90. The molecule has 0 bridgehead atoms. The molecule has 1 aliphatic carbocycles. The minimum Gasteiger partial charge on any atom is -0.349 e. The van der Waals surface area contributed by atoms with Gasteiger partial charge in [0.15, 0.2) is 0 Å².